The van der Waals surface area contributed by atoms with Gasteiger partial charge in [0.1, 0.15) is 6.29 Å². The zero-order valence-electron chi connectivity index (χ0n) is 12.8. The first-order valence-corrected chi connectivity index (χ1v) is 6.98. The molecular formula is C18H24O2. The lowest BCUT2D eigenvalue weighted by molar-refractivity contribution is -0.104. The molecule has 0 fully saturated rings. The predicted octanol–water partition coefficient (Wildman–Crippen LogP) is 4.20. The molecular weight excluding hydrogens is 248 g/mol. The van der Waals surface area contributed by atoms with Crippen molar-refractivity contribution in [2.24, 2.45) is 5.92 Å². The van der Waals surface area contributed by atoms with Gasteiger partial charge in [0.25, 0.3) is 0 Å². The van der Waals surface area contributed by atoms with E-state index < -0.39 is 0 Å². The topological polar surface area (TPSA) is 26.3 Å². The number of carbonyl (C=O) groups excluding carboxylic acids is 1. The molecule has 1 rings (SSSR count). The fourth-order valence-corrected chi connectivity index (χ4v) is 2.43. The van der Waals surface area contributed by atoms with Gasteiger partial charge in [0.05, 0.1) is 0 Å². The van der Waals surface area contributed by atoms with E-state index in [1.165, 1.54) is 11.1 Å². The Hall–Kier alpha value is -1.67. The molecule has 0 spiro atoms. The minimum Gasteiger partial charge on any atom is -0.385 e. The van der Waals surface area contributed by atoms with Crippen molar-refractivity contribution in [3.05, 3.63) is 53.1 Å². The van der Waals surface area contributed by atoms with Crippen LogP contribution in [0, 0.1) is 12.8 Å². The summed E-state index contributed by atoms with van der Waals surface area (Å²) < 4.78 is 5.22. The molecule has 2 nitrogen and oxygen atoms in total. The molecule has 2 heteroatoms. The van der Waals surface area contributed by atoms with Gasteiger partial charge in [-0.25, -0.2) is 0 Å². The van der Waals surface area contributed by atoms with Gasteiger partial charge in [0, 0.05) is 19.6 Å². The van der Waals surface area contributed by atoms with Gasteiger partial charge in [0.15, 0.2) is 0 Å². The number of methoxy groups -OCH3 is 1. The van der Waals surface area contributed by atoms with Crippen molar-refractivity contribution in [2.75, 3.05) is 13.7 Å². The summed E-state index contributed by atoms with van der Waals surface area (Å²) in [5.74, 6) is 0.214. The minimum absolute atomic E-state index is 0.214. The average molecular weight is 272 g/mol. The summed E-state index contributed by atoms with van der Waals surface area (Å²) in [5.41, 5.74) is 4.66. The molecule has 0 aliphatic rings. The van der Waals surface area contributed by atoms with Crippen LogP contribution >= 0.6 is 0 Å². The first kappa shape index (κ1) is 16.4. The van der Waals surface area contributed by atoms with Crippen LogP contribution in [-0.4, -0.2) is 20.0 Å². The third-order valence-electron chi connectivity index (χ3n) is 3.69. The molecule has 0 aliphatic heterocycles. The zero-order valence-corrected chi connectivity index (χ0v) is 12.8. The van der Waals surface area contributed by atoms with Crippen LogP contribution in [-0.2, 0) is 9.53 Å². The van der Waals surface area contributed by atoms with Crippen molar-refractivity contribution in [3.8, 4) is 0 Å². The summed E-state index contributed by atoms with van der Waals surface area (Å²) in [6, 6.07) is 8.18. The Morgan fingerprint density at radius 2 is 2.05 bits per heavy atom. The zero-order chi connectivity index (χ0) is 15.0. The van der Waals surface area contributed by atoms with Crippen LogP contribution in [0.15, 0.2) is 42.0 Å². The second-order valence-electron chi connectivity index (χ2n) is 4.94. The van der Waals surface area contributed by atoms with E-state index >= 15 is 0 Å². The van der Waals surface area contributed by atoms with E-state index in [0.717, 1.165) is 23.8 Å². The number of aldehydes is 1. The van der Waals surface area contributed by atoms with Crippen LogP contribution < -0.4 is 0 Å². The van der Waals surface area contributed by atoms with E-state index in [2.05, 4.69) is 32.1 Å². The summed E-state index contributed by atoms with van der Waals surface area (Å²) in [6.07, 6.45) is 5.55. The molecule has 0 aromatic heterocycles. The highest BCUT2D eigenvalue weighted by molar-refractivity contribution is 5.84. The van der Waals surface area contributed by atoms with Gasteiger partial charge < -0.3 is 4.74 Å². The van der Waals surface area contributed by atoms with Crippen molar-refractivity contribution in [3.63, 3.8) is 0 Å². The number of hydrogen-bond donors (Lipinski definition) is 0. The maximum atomic E-state index is 11.1. The molecule has 0 radical (unpaired) electrons. The van der Waals surface area contributed by atoms with E-state index in [-0.39, 0.29) is 5.92 Å². The fraction of sp³-hybridized carbons (Fsp3) is 0.389. The lowest BCUT2D eigenvalue weighted by atomic mass is 9.83. The Morgan fingerprint density at radius 1 is 1.35 bits per heavy atom. The maximum Gasteiger partial charge on any atom is 0.143 e. The van der Waals surface area contributed by atoms with Crippen molar-refractivity contribution < 1.29 is 9.53 Å². The van der Waals surface area contributed by atoms with E-state index in [9.17, 15) is 4.79 Å². The smallest absolute Gasteiger partial charge is 0.143 e. The highest BCUT2D eigenvalue weighted by Crippen LogP contribution is 2.33. The van der Waals surface area contributed by atoms with Gasteiger partial charge in [-0.3, -0.25) is 4.79 Å². The second kappa shape index (κ2) is 8.49. The van der Waals surface area contributed by atoms with Crippen molar-refractivity contribution in [2.45, 2.75) is 27.2 Å². The molecule has 1 unspecified atom stereocenters. The average Bonchev–Trinajstić information content (AvgIpc) is 2.46. The number of rotatable bonds is 7. The molecule has 108 valence electrons. The molecule has 0 saturated heterocycles. The Morgan fingerprint density at radius 3 is 2.60 bits per heavy atom. The van der Waals surface area contributed by atoms with E-state index in [0.29, 0.717) is 6.61 Å². The summed E-state index contributed by atoms with van der Waals surface area (Å²) >= 11 is 0. The molecule has 0 saturated carbocycles. The van der Waals surface area contributed by atoms with Gasteiger partial charge in [-0.2, -0.15) is 0 Å². The van der Waals surface area contributed by atoms with E-state index in [1.54, 1.807) is 13.2 Å². The Balaban J connectivity index is 3.25. The molecule has 0 bridgehead atoms. The molecule has 0 amide bonds. The second-order valence-corrected chi connectivity index (χ2v) is 4.94. The van der Waals surface area contributed by atoms with Crippen LogP contribution in [0.2, 0.25) is 0 Å². The summed E-state index contributed by atoms with van der Waals surface area (Å²) in [5, 5.41) is 0. The molecule has 1 atom stereocenters. The van der Waals surface area contributed by atoms with Gasteiger partial charge in [-0.1, -0.05) is 35.9 Å². The highest BCUT2D eigenvalue weighted by atomic mass is 16.5. The minimum atomic E-state index is 0.214. The summed E-state index contributed by atoms with van der Waals surface area (Å²) in [7, 11) is 1.71. The number of allylic oxidation sites excluding steroid dienone is 4. The summed E-state index contributed by atoms with van der Waals surface area (Å²) in [6.45, 7) is 6.90. The Bertz CT molecular complexity index is 498. The van der Waals surface area contributed by atoms with Crippen LogP contribution in [0.25, 0.3) is 5.57 Å². The van der Waals surface area contributed by atoms with Gasteiger partial charge in [0.2, 0.25) is 0 Å². The maximum absolute atomic E-state index is 11.1. The monoisotopic (exact) mass is 272 g/mol. The van der Waals surface area contributed by atoms with Gasteiger partial charge in [-0.05, 0) is 50.0 Å². The molecule has 0 aliphatic carbocycles. The molecule has 0 N–H and O–H groups in total. The lowest BCUT2D eigenvalue weighted by Gasteiger charge is -2.22. The van der Waals surface area contributed by atoms with Crippen molar-refractivity contribution >= 4 is 11.9 Å². The quantitative estimate of drug-likeness (QED) is 0.422. The standard InChI is InChI=1S/C18H24O2/c1-5-14(2)17(11-13-20-4)18(10-12-19)16-9-7-6-8-15(16)3/h5-10,12,17H,11,13H2,1-4H3/b14-5-,18-10-. The SMILES string of the molecule is C/C=C(/C)C(CCOC)/C(=C\C=O)c1ccccc1C. The molecule has 1 aromatic carbocycles. The first-order chi connectivity index (χ1) is 9.65. The van der Waals surface area contributed by atoms with Crippen LogP contribution in [0.5, 0.6) is 0 Å². The number of ether oxygens (including phenoxy) is 1. The number of benzene rings is 1. The number of hydrogen-bond acceptors (Lipinski definition) is 2. The predicted molar refractivity (Wildman–Crippen MR) is 84.6 cm³/mol. The number of carbonyl (C=O) groups is 1. The third kappa shape index (κ3) is 4.17. The molecule has 20 heavy (non-hydrogen) atoms. The fourth-order valence-electron chi connectivity index (χ4n) is 2.43. The highest BCUT2D eigenvalue weighted by Gasteiger charge is 2.18. The Kier molecular flexibility index (Phi) is 6.96. The lowest BCUT2D eigenvalue weighted by Crippen LogP contribution is -2.10. The van der Waals surface area contributed by atoms with Crippen LogP contribution in [0.1, 0.15) is 31.4 Å². The Labute approximate surface area is 122 Å². The summed E-state index contributed by atoms with van der Waals surface area (Å²) in [4.78, 5) is 11.1. The third-order valence-corrected chi connectivity index (χ3v) is 3.69. The van der Waals surface area contributed by atoms with Gasteiger partial charge >= 0.3 is 0 Å². The van der Waals surface area contributed by atoms with Crippen LogP contribution in [0.3, 0.4) is 0 Å². The first-order valence-electron chi connectivity index (χ1n) is 6.98. The van der Waals surface area contributed by atoms with E-state index in [1.807, 2.05) is 19.1 Å². The van der Waals surface area contributed by atoms with E-state index in [4.69, 9.17) is 4.74 Å². The number of aryl methyl sites for hydroxylation is 1. The molecule has 0 heterocycles. The van der Waals surface area contributed by atoms with Crippen LogP contribution in [0.4, 0.5) is 0 Å². The van der Waals surface area contributed by atoms with Crippen molar-refractivity contribution in [1.82, 2.24) is 0 Å². The normalized spacial score (nSPS) is 14.2. The molecule has 1 aromatic rings. The largest absolute Gasteiger partial charge is 0.385 e. The van der Waals surface area contributed by atoms with Crippen molar-refractivity contribution in [1.29, 1.82) is 0 Å². The van der Waals surface area contributed by atoms with Gasteiger partial charge in [-0.15, -0.1) is 0 Å².